The summed E-state index contributed by atoms with van der Waals surface area (Å²) in [5.41, 5.74) is 1.44. The van der Waals surface area contributed by atoms with E-state index in [0.717, 1.165) is 5.56 Å². The zero-order valence-corrected chi connectivity index (χ0v) is 17.2. The van der Waals surface area contributed by atoms with Gasteiger partial charge in [-0.15, -0.1) is 0 Å². The Bertz CT molecular complexity index is 773. The summed E-state index contributed by atoms with van der Waals surface area (Å²) in [6.45, 7) is 5.98. The average molecular weight is 383 g/mol. The number of rotatable bonds is 8. The lowest BCUT2D eigenvalue weighted by Gasteiger charge is -2.23. The SMILES string of the molecule is CC(C)CC(NC(=O)c1ccc(OC(C)c2ccccc2)nc1)C(=O)N(C)C. The van der Waals surface area contributed by atoms with Gasteiger partial charge in [-0.05, 0) is 30.9 Å². The van der Waals surface area contributed by atoms with E-state index in [1.54, 1.807) is 26.2 Å². The van der Waals surface area contributed by atoms with Gasteiger partial charge in [0, 0.05) is 26.4 Å². The van der Waals surface area contributed by atoms with Crippen LogP contribution in [0.2, 0.25) is 0 Å². The second-order valence-corrected chi connectivity index (χ2v) is 7.44. The number of nitrogens with zero attached hydrogens (tertiary/aromatic N) is 2. The van der Waals surface area contributed by atoms with Crippen LogP contribution in [0, 0.1) is 5.92 Å². The summed E-state index contributed by atoms with van der Waals surface area (Å²) >= 11 is 0. The van der Waals surface area contributed by atoms with Crippen LogP contribution < -0.4 is 10.1 Å². The maximum Gasteiger partial charge on any atom is 0.253 e. The monoisotopic (exact) mass is 383 g/mol. The minimum atomic E-state index is -0.559. The van der Waals surface area contributed by atoms with Gasteiger partial charge in [0.05, 0.1) is 5.56 Å². The molecule has 2 rings (SSSR count). The summed E-state index contributed by atoms with van der Waals surface area (Å²) in [6, 6.07) is 12.6. The van der Waals surface area contributed by atoms with E-state index in [4.69, 9.17) is 4.74 Å². The maximum atomic E-state index is 12.6. The first kappa shape index (κ1) is 21.4. The van der Waals surface area contributed by atoms with Crippen molar-refractivity contribution < 1.29 is 14.3 Å². The number of nitrogens with one attached hydrogen (secondary N) is 1. The Morgan fingerprint density at radius 2 is 1.75 bits per heavy atom. The molecule has 1 aromatic heterocycles. The maximum absolute atomic E-state index is 12.6. The van der Waals surface area contributed by atoms with Crippen molar-refractivity contribution in [3.05, 3.63) is 59.8 Å². The normalized spacial score (nSPS) is 12.9. The van der Waals surface area contributed by atoms with Crippen LogP contribution >= 0.6 is 0 Å². The van der Waals surface area contributed by atoms with Crippen molar-refractivity contribution in [3.8, 4) is 5.88 Å². The largest absolute Gasteiger partial charge is 0.470 e. The molecule has 0 aliphatic heterocycles. The van der Waals surface area contributed by atoms with Crippen LogP contribution in [0.5, 0.6) is 5.88 Å². The van der Waals surface area contributed by atoms with Crippen molar-refractivity contribution in [3.63, 3.8) is 0 Å². The molecule has 2 unspecified atom stereocenters. The molecule has 0 bridgehead atoms. The summed E-state index contributed by atoms with van der Waals surface area (Å²) in [5.74, 6) is 0.279. The number of carbonyl (C=O) groups excluding carboxylic acids is 2. The Morgan fingerprint density at radius 3 is 2.29 bits per heavy atom. The summed E-state index contributed by atoms with van der Waals surface area (Å²) in [7, 11) is 3.37. The number of pyridine rings is 1. The number of hydrogen-bond acceptors (Lipinski definition) is 4. The molecule has 0 aliphatic rings. The minimum Gasteiger partial charge on any atom is -0.470 e. The van der Waals surface area contributed by atoms with E-state index in [0.29, 0.717) is 17.9 Å². The highest BCUT2D eigenvalue weighted by Crippen LogP contribution is 2.20. The van der Waals surface area contributed by atoms with Gasteiger partial charge in [0.2, 0.25) is 11.8 Å². The number of ether oxygens (including phenoxy) is 1. The molecule has 0 saturated carbocycles. The molecular formula is C22H29N3O3. The summed E-state index contributed by atoms with van der Waals surface area (Å²) in [4.78, 5) is 30.6. The number of amides is 2. The van der Waals surface area contributed by atoms with Crippen LogP contribution in [0.15, 0.2) is 48.7 Å². The van der Waals surface area contributed by atoms with Gasteiger partial charge in [-0.25, -0.2) is 4.98 Å². The number of hydrogen-bond donors (Lipinski definition) is 1. The number of likely N-dealkylation sites (N-methyl/N-ethyl adjacent to an activating group) is 1. The predicted octanol–water partition coefficient (Wildman–Crippen LogP) is 3.45. The lowest BCUT2D eigenvalue weighted by Crippen LogP contribution is -2.46. The van der Waals surface area contributed by atoms with E-state index < -0.39 is 6.04 Å². The van der Waals surface area contributed by atoms with Gasteiger partial charge in [0.25, 0.3) is 5.91 Å². The van der Waals surface area contributed by atoms with Gasteiger partial charge >= 0.3 is 0 Å². The Balaban J connectivity index is 2.03. The van der Waals surface area contributed by atoms with E-state index in [9.17, 15) is 9.59 Å². The van der Waals surface area contributed by atoms with Crippen LogP contribution in [-0.2, 0) is 4.79 Å². The fraction of sp³-hybridized carbons (Fsp3) is 0.409. The highest BCUT2D eigenvalue weighted by Gasteiger charge is 2.24. The molecule has 2 atom stereocenters. The third-order valence-electron chi connectivity index (χ3n) is 4.32. The first-order valence-electron chi connectivity index (χ1n) is 9.47. The average Bonchev–Trinajstić information content (AvgIpc) is 2.67. The molecule has 6 heteroatoms. The molecule has 0 fully saturated rings. The van der Waals surface area contributed by atoms with E-state index in [2.05, 4.69) is 10.3 Å². The zero-order valence-electron chi connectivity index (χ0n) is 17.2. The molecule has 1 N–H and O–H groups in total. The molecule has 0 aliphatic carbocycles. The van der Waals surface area contributed by atoms with Gasteiger partial charge < -0.3 is 15.0 Å². The second kappa shape index (κ2) is 9.88. The molecule has 0 spiro atoms. The number of benzene rings is 1. The number of aromatic nitrogens is 1. The highest BCUT2D eigenvalue weighted by atomic mass is 16.5. The molecule has 2 amide bonds. The second-order valence-electron chi connectivity index (χ2n) is 7.44. The summed E-state index contributed by atoms with van der Waals surface area (Å²) in [5, 5.41) is 2.82. The van der Waals surface area contributed by atoms with Crippen LogP contribution in [-0.4, -0.2) is 41.8 Å². The predicted molar refractivity (Wildman–Crippen MR) is 109 cm³/mol. The van der Waals surface area contributed by atoms with Gasteiger partial charge in [0.1, 0.15) is 12.1 Å². The molecule has 1 heterocycles. The Morgan fingerprint density at radius 1 is 1.07 bits per heavy atom. The summed E-state index contributed by atoms with van der Waals surface area (Å²) in [6.07, 6.45) is 1.89. The van der Waals surface area contributed by atoms with E-state index in [1.807, 2.05) is 51.1 Å². The standard InChI is InChI=1S/C22H29N3O3/c1-15(2)13-19(22(27)25(4)5)24-21(26)18-11-12-20(23-14-18)28-16(3)17-9-7-6-8-10-17/h6-12,14-16,19H,13H2,1-5H3,(H,24,26). The van der Waals surface area contributed by atoms with Crippen molar-refractivity contribution >= 4 is 11.8 Å². The van der Waals surface area contributed by atoms with Gasteiger partial charge in [0.15, 0.2) is 0 Å². The fourth-order valence-corrected chi connectivity index (χ4v) is 2.80. The van der Waals surface area contributed by atoms with Gasteiger partial charge in [-0.3, -0.25) is 9.59 Å². The topological polar surface area (TPSA) is 71.5 Å². The molecule has 1 aromatic carbocycles. The third-order valence-corrected chi connectivity index (χ3v) is 4.32. The third kappa shape index (κ3) is 6.08. The van der Waals surface area contributed by atoms with Crippen molar-refractivity contribution in [1.82, 2.24) is 15.2 Å². The van der Waals surface area contributed by atoms with Crippen molar-refractivity contribution in [2.75, 3.05) is 14.1 Å². The van der Waals surface area contributed by atoms with E-state index in [-0.39, 0.29) is 23.8 Å². The van der Waals surface area contributed by atoms with Gasteiger partial charge in [-0.2, -0.15) is 0 Å². The Kier molecular flexibility index (Phi) is 7.55. The smallest absolute Gasteiger partial charge is 0.253 e. The molecule has 150 valence electrons. The number of carbonyl (C=O) groups is 2. The van der Waals surface area contributed by atoms with Crippen molar-refractivity contribution in [2.24, 2.45) is 5.92 Å². The Hall–Kier alpha value is -2.89. The fourth-order valence-electron chi connectivity index (χ4n) is 2.80. The van der Waals surface area contributed by atoms with E-state index >= 15 is 0 Å². The van der Waals surface area contributed by atoms with Crippen molar-refractivity contribution in [1.29, 1.82) is 0 Å². The molecule has 28 heavy (non-hydrogen) atoms. The lowest BCUT2D eigenvalue weighted by atomic mass is 10.0. The quantitative estimate of drug-likeness (QED) is 0.758. The molecular weight excluding hydrogens is 354 g/mol. The zero-order chi connectivity index (χ0) is 20.7. The highest BCUT2D eigenvalue weighted by molar-refractivity contribution is 5.97. The van der Waals surface area contributed by atoms with Crippen LogP contribution in [0.1, 0.15) is 49.2 Å². The van der Waals surface area contributed by atoms with Crippen LogP contribution in [0.3, 0.4) is 0 Å². The molecule has 0 radical (unpaired) electrons. The van der Waals surface area contributed by atoms with Crippen molar-refractivity contribution in [2.45, 2.75) is 39.3 Å². The molecule has 6 nitrogen and oxygen atoms in total. The van der Waals surface area contributed by atoms with Crippen LogP contribution in [0.25, 0.3) is 0 Å². The molecule has 0 saturated heterocycles. The van der Waals surface area contributed by atoms with E-state index in [1.165, 1.54) is 11.1 Å². The first-order chi connectivity index (χ1) is 13.3. The van der Waals surface area contributed by atoms with Crippen LogP contribution in [0.4, 0.5) is 0 Å². The summed E-state index contributed by atoms with van der Waals surface area (Å²) < 4.78 is 5.83. The lowest BCUT2D eigenvalue weighted by molar-refractivity contribution is -0.131. The molecule has 2 aromatic rings. The first-order valence-corrected chi connectivity index (χ1v) is 9.47. The Labute approximate surface area is 166 Å². The minimum absolute atomic E-state index is 0.119. The van der Waals surface area contributed by atoms with Gasteiger partial charge in [-0.1, -0.05) is 44.2 Å².